The summed E-state index contributed by atoms with van der Waals surface area (Å²) in [5.41, 5.74) is 2.57. The quantitative estimate of drug-likeness (QED) is 0.549. The van der Waals surface area contributed by atoms with E-state index in [0.717, 1.165) is 6.42 Å². The van der Waals surface area contributed by atoms with Crippen LogP contribution in [0.5, 0.6) is 0 Å². The number of unbranched alkanes of at least 4 members (excludes halogenated alkanes) is 1. The smallest absolute Gasteiger partial charge is 0.0239 e. The van der Waals surface area contributed by atoms with Crippen LogP contribution in [0.25, 0.3) is 0 Å². The minimum Gasteiger partial charge on any atom is -0.0843 e. The molecule has 0 nitrogen and oxygen atoms in total. The maximum absolute atomic E-state index is 4.02. The Morgan fingerprint density at radius 3 is 2.42 bits per heavy atom. The largest absolute Gasteiger partial charge is 0.0843 e. The van der Waals surface area contributed by atoms with Crippen molar-refractivity contribution in [3.8, 4) is 0 Å². The van der Waals surface area contributed by atoms with Gasteiger partial charge in [0.05, 0.1) is 0 Å². The molecule has 0 bridgehead atoms. The van der Waals surface area contributed by atoms with Gasteiger partial charge in [0.15, 0.2) is 0 Å². The van der Waals surface area contributed by atoms with E-state index in [1.54, 1.807) is 0 Å². The van der Waals surface area contributed by atoms with E-state index in [1.807, 2.05) is 0 Å². The average molecular weight is 165 g/mol. The molecule has 0 unspecified atom stereocenters. The molecule has 0 atom stereocenters. The predicted molar refractivity (Wildman–Crippen MR) is 56.9 cm³/mol. The molecule has 0 aromatic carbocycles. The number of rotatable bonds is 4. The zero-order valence-electron chi connectivity index (χ0n) is 8.85. The van der Waals surface area contributed by atoms with Crippen molar-refractivity contribution < 1.29 is 0 Å². The monoisotopic (exact) mass is 165 g/mol. The highest BCUT2D eigenvalue weighted by atomic mass is 14.0. The van der Waals surface area contributed by atoms with Crippen molar-refractivity contribution in [1.29, 1.82) is 0 Å². The van der Waals surface area contributed by atoms with E-state index in [0.29, 0.717) is 5.92 Å². The highest BCUT2D eigenvalue weighted by Crippen LogP contribution is 2.14. The third-order valence-electron chi connectivity index (χ3n) is 2.15. The Kier molecular flexibility index (Phi) is 5.79. The van der Waals surface area contributed by atoms with Crippen LogP contribution < -0.4 is 0 Å². The Hall–Kier alpha value is -0.520. The van der Waals surface area contributed by atoms with E-state index >= 15 is 0 Å². The van der Waals surface area contributed by atoms with Crippen LogP contribution in [-0.2, 0) is 0 Å². The fraction of sp³-hybridized carbons (Fsp3) is 0.583. The Balaban J connectivity index is 4.16. The van der Waals surface area contributed by atoms with Gasteiger partial charge in [0.2, 0.25) is 0 Å². The van der Waals surface area contributed by atoms with Crippen LogP contribution in [0.1, 0.15) is 40.5 Å². The minimum atomic E-state index is 0.615. The molecule has 0 N–H and O–H groups in total. The molecule has 0 spiro atoms. The molecule has 0 saturated heterocycles. The van der Waals surface area contributed by atoms with Crippen LogP contribution in [0.15, 0.2) is 23.3 Å². The number of allylic oxidation sites excluding steroid dienone is 4. The van der Waals surface area contributed by atoms with Crippen molar-refractivity contribution in [1.82, 2.24) is 0 Å². The summed E-state index contributed by atoms with van der Waals surface area (Å²) in [5.74, 6) is 0.615. The van der Waals surface area contributed by atoms with Gasteiger partial charge in [-0.15, -0.1) is 0 Å². The summed E-state index contributed by atoms with van der Waals surface area (Å²) >= 11 is 0. The second-order valence-corrected chi connectivity index (χ2v) is 3.55. The van der Waals surface area contributed by atoms with Crippen molar-refractivity contribution >= 4 is 0 Å². The maximum Gasteiger partial charge on any atom is -0.0239 e. The van der Waals surface area contributed by atoms with Crippen molar-refractivity contribution in [2.24, 2.45) is 5.92 Å². The van der Waals surface area contributed by atoms with Gasteiger partial charge in [-0.1, -0.05) is 44.9 Å². The van der Waals surface area contributed by atoms with E-state index in [2.05, 4.69) is 46.8 Å². The summed E-state index contributed by atoms with van der Waals surface area (Å²) in [5, 5.41) is 0. The summed E-state index contributed by atoms with van der Waals surface area (Å²) in [6.07, 6.45) is 6.71. The molecule has 0 aromatic rings. The van der Waals surface area contributed by atoms with Crippen LogP contribution in [-0.4, -0.2) is 0 Å². The van der Waals surface area contributed by atoms with Gasteiger partial charge in [0.25, 0.3) is 0 Å². The first-order valence-electron chi connectivity index (χ1n) is 4.78. The summed E-state index contributed by atoms with van der Waals surface area (Å²) < 4.78 is 0. The second-order valence-electron chi connectivity index (χ2n) is 3.55. The standard InChI is InChI=1S/C12H21/c1-6-7-8-9-11(4)12(5)10(2)3/h8-10H,4,6-7H2,1-3,5H3. The first-order valence-corrected chi connectivity index (χ1v) is 4.78. The summed E-state index contributed by atoms with van der Waals surface area (Å²) in [4.78, 5) is 0. The van der Waals surface area contributed by atoms with Gasteiger partial charge in [-0.05, 0) is 31.8 Å². The number of hydrogen-bond acceptors (Lipinski definition) is 0. The zero-order valence-corrected chi connectivity index (χ0v) is 8.85. The van der Waals surface area contributed by atoms with Crippen molar-refractivity contribution in [2.75, 3.05) is 0 Å². The molecule has 1 radical (unpaired) electrons. The van der Waals surface area contributed by atoms with Gasteiger partial charge in [-0.2, -0.15) is 0 Å². The molecule has 0 heterocycles. The van der Waals surface area contributed by atoms with Gasteiger partial charge >= 0.3 is 0 Å². The average Bonchev–Trinajstić information content (AvgIpc) is 2.03. The first-order chi connectivity index (χ1) is 5.59. The van der Waals surface area contributed by atoms with E-state index < -0.39 is 0 Å². The summed E-state index contributed by atoms with van der Waals surface area (Å²) in [7, 11) is 0. The van der Waals surface area contributed by atoms with E-state index in [4.69, 9.17) is 0 Å². The lowest BCUT2D eigenvalue weighted by Crippen LogP contribution is -1.91. The third kappa shape index (κ3) is 4.38. The molecule has 0 amide bonds. The highest BCUT2D eigenvalue weighted by Gasteiger charge is 1.97. The summed E-state index contributed by atoms with van der Waals surface area (Å²) in [6, 6.07) is 0. The van der Waals surface area contributed by atoms with Gasteiger partial charge in [0.1, 0.15) is 0 Å². The van der Waals surface area contributed by atoms with Crippen molar-refractivity contribution in [2.45, 2.75) is 40.5 Å². The fourth-order valence-electron chi connectivity index (χ4n) is 0.894. The minimum absolute atomic E-state index is 0.615. The molecular weight excluding hydrogens is 144 g/mol. The Bertz CT molecular complexity index is 170. The van der Waals surface area contributed by atoms with E-state index in [1.165, 1.54) is 17.6 Å². The molecular formula is C12H21. The van der Waals surface area contributed by atoms with Gasteiger partial charge in [0, 0.05) is 0 Å². The van der Waals surface area contributed by atoms with E-state index in [-0.39, 0.29) is 0 Å². The fourth-order valence-corrected chi connectivity index (χ4v) is 0.894. The van der Waals surface area contributed by atoms with Crippen LogP contribution in [0, 0.1) is 12.8 Å². The van der Waals surface area contributed by atoms with Crippen LogP contribution in [0.3, 0.4) is 0 Å². The number of hydrogen-bond donors (Lipinski definition) is 0. The van der Waals surface area contributed by atoms with Crippen LogP contribution in [0.2, 0.25) is 0 Å². The molecule has 0 fully saturated rings. The van der Waals surface area contributed by atoms with Crippen LogP contribution in [0.4, 0.5) is 0 Å². The Labute approximate surface area is 77.4 Å². The molecule has 0 saturated carbocycles. The van der Waals surface area contributed by atoms with Gasteiger partial charge in [-0.3, -0.25) is 0 Å². The predicted octanol–water partition coefficient (Wildman–Crippen LogP) is 4.15. The summed E-state index contributed by atoms with van der Waals surface area (Å²) in [6.45, 7) is 12.8. The molecule has 0 aliphatic carbocycles. The molecule has 0 aliphatic heterocycles. The third-order valence-corrected chi connectivity index (χ3v) is 2.15. The molecule has 0 heteroatoms. The highest BCUT2D eigenvalue weighted by molar-refractivity contribution is 5.28. The lowest BCUT2D eigenvalue weighted by atomic mass is 9.99. The zero-order chi connectivity index (χ0) is 9.56. The SMILES string of the molecule is [CH2]C(C=CCCC)=C(C)C(C)C. The maximum atomic E-state index is 4.02. The van der Waals surface area contributed by atoms with Crippen molar-refractivity contribution in [3.05, 3.63) is 30.2 Å². The van der Waals surface area contributed by atoms with Gasteiger partial charge in [-0.25, -0.2) is 0 Å². The first kappa shape index (κ1) is 11.5. The van der Waals surface area contributed by atoms with Gasteiger partial charge < -0.3 is 0 Å². The van der Waals surface area contributed by atoms with Crippen LogP contribution >= 0.6 is 0 Å². The lowest BCUT2D eigenvalue weighted by molar-refractivity contribution is 0.763. The second kappa shape index (κ2) is 6.05. The molecule has 12 heavy (non-hydrogen) atoms. The van der Waals surface area contributed by atoms with Crippen molar-refractivity contribution in [3.63, 3.8) is 0 Å². The van der Waals surface area contributed by atoms with E-state index in [9.17, 15) is 0 Å². The molecule has 0 aliphatic rings. The molecule has 0 rings (SSSR count). The molecule has 0 aromatic heterocycles. The molecule has 69 valence electrons. The Morgan fingerprint density at radius 1 is 1.42 bits per heavy atom. The topological polar surface area (TPSA) is 0 Å². The lowest BCUT2D eigenvalue weighted by Gasteiger charge is -2.07. The Morgan fingerprint density at radius 2 is 2.00 bits per heavy atom. The normalized spacial score (nSPS) is 14.2.